The third kappa shape index (κ3) is 2.12. The van der Waals surface area contributed by atoms with Gasteiger partial charge in [-0.15, -0.1) is 0 Å². The molecule has 80 valence electrons. The Morgan fingerprint density at radius 1 is 1.47 bits per heavy atom. The van der Waals surface area contributed by atoms with Crippen LogP contribution < -0.4 is 9.47 Å². The second-order valence-corrected chi connectivity index (χ2v) is 4.19. The largest absolute Gasteiger partial charge is 0.493 e. The van der Waals surface area contributed by atoms with Gasteiger partial charge in [0.25, 0.3) is 0 Å². The van der Waals surface area contributed by atoms with E-state index >= 15 is 0 Å². The molecule has 0 unspecified atom stereocenters. The maximum absolute atomic E-state index is 10.7. The number of rotatable bonds is 3. The second kappa shape index (κ2) is 3.57. The van der Waals surface area contributed by atoms with E-state index in [-0.39, 0.29) is 0 Å². The summed E-state index contributed by atoms with van der Waals surface area (Å²) in [6.07, 6.45) is 1.74. The van der Waals surface area contributed by atoms with Gasteiger partial charge in [-0.25, -0.2) is 0 Å². The molecule has 1 aliphatic heterocycles. The molecule has 3 nitrogen and oxygen atoms in total. The highest BCUT2D eigenvalue weighted by atomic mass is 16.5. The van der Waals surface area contributed by atoms with Crippen LogP contribution in [0.3, 0.4) is 0 Å². The van der Waals surface area contributed by atoms with Crippen molar-refractivity contribution in [3.05, 3.63) is 23.8 Å². The number of ether oxygens (including phenoxy) is 2. The molecule has 0 aromatic heterocycles. The molecular weight excluding hydrogens is 192 g/mol. The fourth-order valence-electron chi connectivity index (χ4n) is 1.54. The Morgan fingerprint density at radius 3 is 3.00 bits per heavy atom. The number of carbonyl (C=O) groups excluding carboxylic acids is 1. The van der Waals surface area contributed by atoms with Gasteiger partial charge in [0.05, 0.1) is 6.61 Å². The van der Waals surface area contributed by atoms with Crippen molar-refractivity contribution >= 4 is 6.29 Å². The van der Waals surface area contributed by atoms with Crippen molar-refractivity contribution in [2.45, 2.75) is 25.9 Å². The second-order valence-electron chi connectivity index (χ2n) is 4.19. The van der Waals surface area contributed by atoms with E-state index in [2.05, 4.69) is 0 Å². The van der Waals surface area contributed by atoms with E-state index in [1.807, 2.05) is 18.2 Å². The quantitative estimate of drug-likeness (QED) is 0.709. The Labute approximate surface area is 89.0 Å². The summed E-state index contributed by atoms with van der Waals surface area (Å²) in [4.78, 5) is 10.7. The molecule has 0 amide bonds. The Bertz CT molecular complexity index is 382. The topological polar surface area (TPSA) is 35.5 Å². The normalized spacial score (nSPS) is 14.3. The highest BCUT2D eigenvalue weighted by molar-refractivity contribution is 5.62. The summed E-state index contributed by atoms with van der Waals surface area (Å²) < 4.78 is 10.9. The van der Waals surface area contributed by atoms with Gasteiger partial charge < -0.3 is 9.47 Å². The SMILES string of the molecule is CC(C)(C=O)Oc1ccc2c(c1)OCC2. The Hall–Kier alpha value is -1.51. The van der Waals surface area contributed by atoms with Crippen LogP contribution in [0.15, 0.2) is 18.2 Å². The first-order chi connectivity index (χ1) is 7.11. The Kier molecular flexibility index (Phi) is 2.39. The number of aldehydes is 1. The lowest BCUT2D eigenvalue weighted by atomic mass is 10.1. The van der Waals surface area contributed by atoms with E-state index in [0.29, 0.717) is 5.75 Å². The average Bonchev–Trinajstić information content (AvgIpc) is 2.64. The molecule has 1 aromatic carbocycles. The molecule has 3 heteroatoms. The molecule has 0 fully saturated rings. The predicted molar refractivity (Wildman–Crippen MR) is 56.4 cm³/mol. The van der Waals surface area contributed by atoms with Gasteiger partial charge in [-0.1, -0.05) is 6.07 Å². The number of carbonyl (C=O) groups is 1. The smallest absolute Gasteiger partial charge is 0.162 e. The molecule has 0 radical (unpaired) electrons. The molecule has 1 aromatic rings. The van der Waals surface area contributed by atoms with Crippen molar-refractivity contribution in [2.75, 3.05) is 6.61 Å². The van der Waals surface area contributed by atoms with Gasteiger partial charge in [0.1, 0.15) is 11.5 Å². The summed E-state index contributed by atoms with van der Waals surface area (Å²) in [6.45, 7) is 4.19. The molecule has 15 heavy (non-hydrogen) atoms. The lowest BCUT2D eigenvalue weighted by Gasteiger charge is -2.19. The van der Waals surface area contributed by atoms with E-state index in [9.17, 15) is 4.79 Å². The molecule has 0 aliphatic carbocycles. The fourth-order valence-corrected chi connectivity index (χ4v) is 1.54. The average molecular weight is 206 g/mol. The van der Waals surface area contributed by atoms with Gasteiger partial charge in [0, 0.05) is 12.5 Å². The Balaban J connectivity index is 2.20. The molecule has 0 N–H and O–H groups in total. The van der Waals surface area contributed by atoms with Crippen molar-refractivity contribution in [1.82, 2.24) is 0 Å². The summed E-state index contributed by atoms with van der Waals surface area (Å²) in [5.41, 5.74) is 0.415. The van der Waals surface area contributed by atoms with Crippen LogP contribution in [-0.4, -0.2) is 18.5 Å². The van der Waals surface area contributed by atoms with Crippen molar-refractivity contribution in [2.24, 2.45) is 0 Å². The molecule has 0 atom stereocenters. The molecule has 1 aliphatic rings. The molecule has 0 bridgehead atoms. The van der Waals surface area contributed by atoms with Gasteiger partial charge in [-0.3, -0.25) is 4.79 Å². The zero-order chi connectivity index (χ0) is 10.9. The monoisotopic (exact) mass is 206 g/mol. The van der Waals surface area contributed by atoms with Crippen LogP contribution >= 0.6 is 0 Å². The molecular formula is C12H14O3. The van der Waals surface area contributed by atoms with Crippen LogP contribution in [0.4, 0.5) is 0 Å². The van der Waals surface area contributed by atoms with E-state index in [1.54, 1.807) is 13.8 Å². The third-order valence-corrected chi connectivity index (χ3v) is 2.33. The number of benzene rings is 1. The fraction of sp³-hybridized carbons (Fsp3) is 0.417. The molecule has 1 heterocycles. The van der Waals surface area contributed by atoms with Crippen molar-refractivity contribution in [1.29, 1.82) is 0 Å². The lowest BCUT2D eigenvalue weighted by Crippen LogP contribution is -2.29. The highest BCUT2D eigenvalue weighted by Crippen LogP contribution is 2.30. The highest BCUT2D eigenvalue weighted by Gasteiger charge is 2.20. The van der Waals surface area contributed by atoms with Crippen molar-refractivity contribution in [3.63, 3.8) is 0 Å². The molecule has 0 spiro atoms. The minimum Gasteiger partial charge on any atom is -0.493 e. The standard InChI is InChI=1S/C12H14O3/c1-12(2,8-13)15-10-4-3-9-5-6-14-11(9)7-10/h3-4,7-8H,5-6H2,1-2H3. The maximum atomic E-state index is 10.7. The zero-order valence-corrected chi connectivity index (χ0v) is 8.95. The zero-order valence-electron chi connectivity index (χ0n) is 8.95. The minimum atomic E-state index is -0.785. The summed E-state index contributed by atoms with van der Waals surface area (Å²) in [5.74, 6) is 1.54. The summed E-state index contributed by atoms with van der Waals surface area (Å²) in [6, 6.07) is 5.70. The maximum Gasteiger partial charge on any atom is 0.162 e. The van der Waals surface area contributed by atoms with Crippen LogP contribution in [0.2, 0.25) is 0 Å². The van der Waals surface area contributed by atoms with Gasteiger partial charge in [-0.05, 0) is 25.5 Å². The molecule has 0 saturated carbocycles. The van der Waals surface area contributed by atoms with Gasteiger partial charge in [0.2, 0.25) is 0 Å². The summed E-state index contributed by atoms with van der Waals surface area (Å²) in [5, 5.41) is 0. The summed E-state index contributed by atoms with van der Waals surface area (Å²) >= 11 is 0. The van der Waals surface area contributed by atoms with E-state index in [1.165, 1.54) is 5.56 Å². The van der Waals surface area contributed by atoms with Crippen LogP contribution in [0.5, 0.6) is 11.5 Å². The van der Waals surface area contributed by atoms with Crippen LogP contribution in [-0.2, 0) is 11.2 Å². The first kappa shape index (κ1) is 10.0. The van der Waals surface area contributed by atoms with Gasteiger partial charge in [-0.2, -0.15) is 0 Å². The lowest BCUT2D eigenvalue weighted by molar-refractivity contribution is -0.119. The number of fused-ring (bicyclic) bond motifs is 1. The van der Waals surface area contributed by atoms with Gasteiger partial charge in [0.15, 0.2) is 11.9 Å². The van der Waals surface area contributed by atoms with Crippen LogP contribution in [0.25, 0.3) is 0 Å². The third-order valence-electron chi connectivity index (χ3n) is 2.33. The van der Waals surface area contributed by atoms with E-state index < -0.39 is 5.60 Å². The predicted octanol–water partition coefficient (Wildman–Crippen LogP) is 1.98. The van der Waals surface area contributed by atoms with Crippen molar-refractivity contribution < 1.29 is 14.3 Å². The summed E-state index contributed by atoms with van der Waals surface area (Å²) in [7, 11) is 0. The number of hydrogen-bond acceptors (Lipinski definition) is 3. The van der Waals surface area contributed by atoms with Gasteiger partial charge >= 0.3 is 0 Å². The molecule has 2 rings (SSSR count). The molecule has 0 saturated heterocycles. The van der Waals surface area contributed by atoms with E-state index in [0.717, 1.165) is 25.1 Å². The van der Waals surface area contributed by atoms with E-state index in [4.69, 9.17) is 9.47 Å². The number of hydrogen-bond donors (Lipinski definition) is 0. The first-order valence-electron chi connectivity index (χ1n) is 5.02. The van der Waals surface area contributed by atoms with Crippen molar-refractivity contribution in [3.8, 4) is 11.5 Å². The van der Waals surface area contributed by atoms with Crippen LogP contribution in [0.1, 0.15) is 19.4 Å². The first-order valence-corrected chi connectivity index (χ1v) is 5.02. The Morgan fingerprint density at radius 2 is 2.27 bits per heavy atom. The minimum absolute atomic E-state index is 0.674. The van der Waals surface area contributed by atoms with Crippen LogP contribution in [0, 0.1) is 0 Å².